The fourth-order valence-corrected chi connectivity index (χ4v) is 18.6. The highest BCUT2D eigenvalue weighted by atomic mass is 31.1. The molecular weight excluding hydrogens is 1030 g/mol. The number of hydrogen-bond donors (Lipinski definition) is 0. The molecule has 0 saturated heterocycles. The molecule has 0 atom stereocenters. The zero-order valence-corrected chi connectivity index (χ0v) is 50.0. The van der Waals surface area contributed by atoms with E-state index in [0.717, 1.165) is 11.5 Å². The van der Waals surface area contributed by atoms with Gasteiger partial charge in [0.25, 0.3) is 0 Å². The molecule has 0 bridgehead atoms. The summed E-state index contributed by atoms with van der Waals surface area (Å²) in [7, 11) is -2.69. The molecule has 0 saturated carbocycles. The number of ether oxygens (including phenoxy) is 1. The average molecular weight is 1100 g/mol. The summed E-state index contributed by atoms with van der Waals surface area (Å²) >= 11 is 0. The molecule has 12 aromatic rings. The Morgan fingerprint density at radius 1 is 0.280 bits per heavy atom. The summed E-state index contributed by atoms with van der Waals surface area (Å²) in [5, 5.41) is 7.84. The predicted molar refractivity (Wildman–Crippen MR) is 354 cm³/mol. The Morgan fingerprint density at radius 2 is 0.488 bits per heavy atom. The summed E-state index contributed by atoms with van der Waals surface area (Å²) in [6.07, 6.45) is 0. The zero-order chi connectivity index (χ0) is 56.3. The minimum atomic E-state index is -1.34. The van der Waals surface area contributed by atoms with E-state index < -0.39 is 20.5 Å². The molecule has 3 heteroatoms. The summed E-state index contributed by atoms with van der Waals surface area (Å²) in [5.41, 5.74) is 19.0. The van der Waals surface area contributed by atoms with Crippen molar-refractivity contribution in [2.24, 2.45) is 0 Å². The van der Waals surface area contributed by atoms with Gasteiger partial charge in [0.15, 0.2) is 0 Å². The summed E-state index contributed by atoms with van der Waals surface area (Å²) in [5.74, 6) is 1.95. The van der Waals surface area contributed by atoms with Crippen molar-refractivity contribution >= 4 is 15.1 Å². The number of rotatable bonds is 10. The molecule has 0 fully saturated rings. The SMILES string of the molecule is CC(C)(C)c1cc(-p2c(-c3ccccc3)c(-c3ccccc3)c(-c3ccccc3)c2-c2ccccc2)c2c(c1)C(C)(C)c1cc(C(C)(C)C)cc(-p3c(-c4ccccc4)c(-c4ccccc4)c(-c4ccccc4)c3-c3ccccc3)c1O2. The maximum Gasteiger partial charge on any atom is 0.143 e. The first-order chi connectivity index (χ1) is 39.8. The molecule has 13 rings (SSSR count). The van der Waals surface area contributed by atoms with Gasteiger partial charge in [-0.05, 0) is 78.6 Å². The lowest BCUT2D eigenvalue weighted by Crippen LogP contribution is -2.27. The Labute approximate surface area is 487 Å². The van der Waals surface area contributed by atoms with Gasteiger partial charge < -0.3 is 4.74 Å². The van der Waals surface area contributed by atoms with E-state index >= 15 is 0 Å². The quantitative estimate of drug-likeness (QED) is 0.133. The number of benzene rings is 10. The third-order valence-electron chi connectivity index (χ3n) is 16.7. The Bertz CT molecular complexity index is 3780. The lowest BCUT2D eigenvalue weighted by atomic mass is 9.72. The van der Waals surface area contributed by atoms with E-state index in [2.05, 4.69) is 322 Å². The van der Waals surface area contributed by atoms with E-state index in [-0.39, 0.29) is 10.8 Å². The van der Waals surface area contributed by atoms with Crippen molar-refractivity contribution in [2.45, 2.75) is 71.6 Å². The average Bonchev–Trinajstić information content (AvgIpc) is 1.67. The van der Waals surface area contributed by atoms with Gasteiger partial charge in [0.05, 0.1) is 0 Å². The summed E-state index contributed by atoms with van der Waals surface area (Å²) < 4.78 is 8.38. The standard InChI is InChI=1S/C79H68OP2/c1-77(2,3)61-49-63-71(65(51-61)81-73(57-41-25-13-26-42-57)67(53-33-17-9-18-34-53)68(54-35-19-10-20-36-54)74(81)58-43-27-14-28-44-58)80-72-64(79(63,7)8)50-62(78(4,5)6)52-66(72)82-75(59-45-29-15-30-46-59)69(55-37-21-11-22-38-55)70(56-39-23-12-24-40-56)76(82)60-47-31-16-32-48-60/h9-52H,1-8H3. The Balaban J connectivity index is 1.23. The molecule has 400 valence electrons. The highest BCUT2D eigenvalue weighted by Gasteiger charge is 2.43. The van der Waals surface area contributed by atoms with Crippen LogP contribution in [0.3, 0.4) is 0 Å². The third-order valence-corrected chi connectivity index (χ3v) is 22.0. The van der Waals surface area contributed by atoms with E-state index in [1.807, 2.05) is 0 Å². The largest absolute Gasteiger partial charge is 0.455 e. The van der Waals surface area contributed by atoms with E-state index in [0.29, 0.717) is 0 Å². The smallest absolute Gasteiger partial charge is 0.143 e. The Morgan fingerprint density at radius 3 is 0.695 bits per heavy atom. The van der Waals surface area contributed by atoms with Crippen LogP contribution in [0, 0.1) is 0 Å². The van der Waals surface area contributed by atoms with Gasteiger partial charge in [-0.2, -0.15) is 0 Å². The Hall–Kier alpha value is -8.44. The molecule has 1 aliphatic rings. The van der Waals surface area contributed by atoms with Crippen LogP contribution in [0.25, 0.3) is 98.6 Å². The van der Waals surface area contributed by atoms with E-state index in [1.54, 1.807) is 0 Å². The minimum absolute atomic E-state index is 0.190. The fraction of sp³-hybridized carbons (Fsp3) is 0.139. The molecule has 1 nitrogen and oxygen atoms in total. The summed E-state index contributed by atoms with van der Waals surface area (Å²) in [4.78, 5) is 0. The fourth-order valence-electron chi connectivity index (χ4n) is 12.5. The third kappa shape index (κ3) is 9.32. The molecular formula is C79H68OP2. The minimum Gasteiger partial charge on any atom is -0.455 e. The van der Waals surface area contributed by atoms with Crippen LogP contribution in [0.2, 0.25) is 0 Å². The second-order valence-corrected chi connectivity index (χ2v) is 28.6. The van der Waals surface area contributed by atoms with Crippen molar-refractivity contribution in [3.8, 4) is 110 Å². The molecule has 0 amide bonds. The monoisotopic (exact) mass is 1090 g/mol. The van der Waals surface area contributed by atoms with Crippen LogP contribution in [-0.4, -0.2) is 0 Å². The molecule has 0 spiro atoms. The first-order valence-electron chi connectivity index (χ1n) is 28.8. The predicted octanol–water partition coefficient (Wildman–Crippen LogP) is 24.0. The van der Waals surface area contributed by atoms with Gasteiger partial charge in [0, 0.05) is 70.6 Å². The second kappa shape index (κ2) is 21.1. The van der Waals surface area contributed by atoms with Crippen molar-refractivity contribution < 1.29 is 4.74 Å². The number of hydrogen-bond acceptors (Lipinski definition) is 1. The van der Waals surface area contributed by atoms with Crippen LogP contribution in [-0.2, 0) is 16.2 Å². The lowest BCUT2D eigenvalue weighted by Gasteiger charge is -2.39. The van der Waals surface area contributed by atoms with Gasteiger partial charge in [-0.3, -0.25) is 0 Å². The van der Waals surface area contributed by atoms with Gasteiger partial charge in [-0.15, -0.1) is 0 Å². The molecule has 2 aromatic heterocycles. The lowest BCUT2D eigenvalue weighted by molar-refractivity contribution is 0.420. The van der Waals surface area contributed by atoms with Crippen LogP contribution in [0.4, 0.5) is 0 Å². The molecule has 3 heterocycles. The molecule has 1 aliphatic heterocycles. The van der Waals surface area contributed by atoms with E-state index in [1.165, 1.54) is 121 Å². The first kappa shape index (κ1) is 52.9. The van der Waals surface area contributed by atoms with Gasteiger partial charge in [0.2, 0.25) is 0 Å². The Kier molecular flexibility index (Phi) is 13.6. The molecule has 0 N–H and O–H groups in total. The van der Waals surface area contributed by atoms with Gasteiger partial charge >= 0.3 is 0 Å². The van der Waals surface area contributed by atoms with Crippen LogP contribution in [0.1, 0.15) is 77.6 Å². The normalized spacial score (nSPS) is 12.8. The van der Waals surface area contributed by atoms with Crippen LogP contribution >= 0.6 is 15.1 Å². The van der Waals surface area contributed by atoms with Crippen molar-refractivity contribution in [1.82, 2.24) is 0 Å². The highest BCUT2D eigenvalue weighted by Crippen LogP contribution is 2.73. The molecule has 82 heavy (non-hydrogen) atoms. The molecule has 0 aliphatic carbocycles. The highest BCUT2D eigenvalue weighted by molar-refractivity contribution is 7.64. The van der Waals surface area contributed by atoms with Crippen molar-refractivity contribution in [3.63, 3.8) is 0 Å². The van der Waals surface area contributed by atoms with E-state index in [4.69, 9.17) is 4.74 Å². The van der Waals surface area contributed by atoms with Crippen molar-refractivity contribution in [2.75, 3.05) is 0 Å². The van der Waals surface area contributed by atoms with Crippen LogP contribution in [0.5, 0.6) is 11.5 Å². The van der Waals surface area contributed by atoms with Gasteiger partial charge in [-0.25, -0.2) is 0 Å². The van der Waals surface area contributed by atoms with Gasteiger partial charge in [-0.1, -0.05) is 325 Å². The molecule has 0 unspecified atom stereocenters. The topological polar surface area (TPSA) is 9.23 Å². The maximum atomic E-state index is 8.38. The zero-order valence-electron chi connectivity index (χ0n) is 48.2. The van der Waals surface area contributed by atoms with Gasteiger partial charge in [0.1, 0.15) is 11.5 Å². The maximum absolute atomic E-state index is 8.38. The van der Waals surface area contributed by atoms with E-state index in [9.17, 15) is 0 Å². The van der Waals surface area contributed by atoms with Crippen molar-refractivity contribution in [1.29, 1.82) is 0 Å². The van der Waals surface area contributed by atoms with Crippen molar-refractivity contribution in [3.05, 3.63) is 289 Å². The van der Waals surface area contributed by atoms with Crippen LogP contribution in [0.15, 0.2) is 267 Å². The molecule has 0 radical (unpaired) electrons. The summed E-state index contributed by atoms with van der Waals surface area (Å²) in [6.45, 7) is 19.2. The molecule has 10 aromatic carbocycles. The first-order valence-corrected chi connectivity index (χ1v) is 31.5. The number of fused-ring (bicyclic) bond motifs is 2. The second-order valence-electron chi connectivity index (χ2n) is 24.5. The van der Waals surface area contributed by atoms with Crippen LogP contribution < -0.4 is 4.74 Å². The summed E-state index contributed by atoms with van der Waals surface area (Å²) in [6, 6.07) is 99.8.